The van der Waals surface area contributed by atoms with Crippen LogP contribution in [-0.2, 0) is 0 Å². The summed E-state index contributed by atoms with van der Waals surface area (Å²) >= 11 is 5.61. The van der Waals surface area contributed by atoms with E-state index in [-0.39, 0.29) is 31.0 Å². The van der Waals surface area contributed by atoms with Gasteiger partial charge in [0.25, 0.3) is 0 Å². The molecule has 0 bridgehead atoms. The van der Waals surface area contributed by atoms with E-state index in [9.17, 15) is 0 Å². The molecule has 1 aromatic carbocycles. The Morgan fingerprint density at radius 2 is 2.10 bits per heavy atom. The molecule has 3 heteroatoms. The zero-order valence-corrected chi connectivity index (χ0v) is 8.81. The molecule has 0 amide bonds. The number of aromatic hydroxyl groups is 1. The number of phenolic OH excluding ortho intramolecular Hbond substituents is 1. The zero-order chi connectivity index (χ0) is 6.85. The van der Waals surface area contributed by atoms with Gasteiger partial charge in [0.15, 0.2) is 0 Å². The van der Waals surface area contributed by atoms with E-state index in [1.165, 1.54) is 0 Å². The van der Waals surface area contributed by atoms with Crippen molar-refractivity contribution >= 4 is 11.6 Å². The molecule has 0 atom stereocenters. The van der Waals surface area contributed by atoms with E-state index in [0.29, 0.717) is 10.8 Å². The largest absolute Gasteiger partial charge is 1.00 e. The summed E-state index contributed by atoms with van der Waals surface area (Å²) < 4.78 is 0. The van der Waals surface area contributed by atoms with Crippen molar-refractivity contribution in [1.82, 2.24) is 0 Å². The van der Waals surface area contributed by atoms with Crippen LogP contribution < -0.4 is 29.6 Å². The maximum atomic E-state index is 8.99. The van der Waals surface area contributed by atoms with Gasteiger partial charge in [-0.25, -0.2) is 0 Å². The fourth-order valence-electron chi connectivity index (χ4n) is 0.619. The first-order valence-corrected chi connectivity index (χ1v) is 3.03. The van der Waals surface area contributed by atoms with Crippen LogP contribution in [0.1, 0.15) is 6.99 Å². The third-order valence-corrected chi connectivity index (χ3v) is 1.39. The molecule has 0 unspecified atom stereocenters. The van der Waals surface area contributed by atoms with Crippen molar-refractivity contribution in [2.75, 3.05) is 0 Å². The minimum atomic E-state index is 0. The first-order valence-electron chi connectivity index (χ1n) is 2.65. The summed E-state index contributed by atoms with van der Waals surface area (Å²) in [6, 6.07) is 4.96. The molecule has 0 aliphatic heterocycles. The summed E-state index contributed by atoms with van der Waals surface area (Å²) in [6.07, 6.45) is 0. The molecule has 1 aromatic rings. The van der Waals surface area contributed by atoms with Crippen LogP contribution in [0.2, 0.25) is 5.02 Å². The van der Waals surface area contributed by atoms with Crippen LogP contribution in [0.15, 0.2) is 18.2 Å². The van der Waals surface area contributed by atoms with Crippen LogP contribution >= 0.6 is 11.6 Å². The minimum Gasteiger partial charge on any atom is -1.00 e. The van der Waals surface area contributed by atoms with Gasteiger partial charge in [0.2, 0.25) is 0 Å². The van der Waals surface area contributed by atoms with E-state index in [2.05, 4.69) is 0 Å². The Kier molecular flexibility index (Phi) is 4.37. The van der Waals surface area contributed by atoms with E-state index < -0.39 is 0 Å². The predicted molar refractivity (Wildman–Crippen MR) is 39.0 cm³/mol. The van der Waals surface area contributed by atoms with Gasteiger partial charge in [0.1, 0.15) is 5.75 Å². The summed E-state index contributed by atoms with van der Waals surface area (Å²) in [5.41, 5.74) is 0.808. The van der Waals surface area contributed by atoms with Gasteiger partial charge in [-0.3, -0.25) is 0 Å². The Labute approximate surface area is 88.8 Å². The number of aryl methyl sites for hydroxylation is 1. The Bertz CT molecular complexity index is 230. The Morgan fingerprint density at radius 3 is 2.50 bits per heavy atom. The Hall–Kier alpha value is 0.310. The van der Waals surface area contributed by atoms with Gasteiger partial charge in [0, 0.05) is 5.02 Å². The van der Waals surface area contributed by atoms with E-state index in [1.807, 2.05) is 0 Å². The normalized spacial score (nSPS) is 8.60. The van der Waals surface area contributed by atoms with Gasteiger partial charge in [0.05, 0.1) is 0 Å². The topological polar surface area (TPSA) is 20.2 Å². The maximum absolute atomic E-state index is 8.99. The molecule has 10 heavy (non-hydrogen) atoms. The molecular formula is C7H8ClNaO. The first-order chi connectivity index (χ1) is 4.20. The van der Waals surface area contributed by atoms with Gasteiger partial charge in [-0.05, 0) is 30.7 Å². The van der Waals surface area contributed by atoms with Gasteiger partial charge in [-0.15, -0.1) is 0 Å². The minimum absolute atomic E-state index is 0. The van der Waals surface area contributed by atoms with Crippen molar-refractivity contribution in [2.45, 2.75) is 6.92 Å². The zero-order valence-electron chi connectivity index (χ0n) is 7.06. The summed E-state index contributed by atoms with van der Waals surface area (Å²) in [7, 11) is 0. The number of hydrogen-bond acceptors (Lipinski definition) is 1. The number of hydrogen-bond donors (Lipinski definition) is 1. The molecule has 0 radical (unpaired) electrons. The standard InChI is InChI=1S/C7H7ClO.Na.H/c1-5-4-6(8)2-3-7(5)9;;/h2-4,9H,1H3;;/q;+1;-1. The smallest absolute Gasteiger partial charge is 1.00 e. The molecule has 1 rings (SSSR count). The Balaban J connectivity index is 0. The predicted octanol–water partition coefficient (Wildman–Crippen LogP) is -0.529. The molecule has 0 heterocycles. The third kappa shape index (κ3) is 2.51. The van der Waals surface area contributed by atoms with Crippen molar-refractivity contribution in [2.24, 2.45) is 0 Å². The number of halogens is 1. The van der Waals surface area contributed by atoms with Gasteiger partial charge in [-0.1, -0.05) is 11.6 Å². The second-order valence-electron chi connectivity index (χ2n) is 1.93. The average molecular weight is 167 g/mol. The summed E-state index contributed by atoms with van der Waals surface area (Å²) in [5, 5.41) is 9.64. The summed E-state index contributed by atoms with van der Waals surface area (Å²) in [4.78, 5) is 0. The summed E-state index contributed by atoms with van der Waals surface area (Å²) in [6.45, 7) is 1.81. The molecule has 1 N–H and O–H groups in total. The molecule has 0 saturated carbocycles. The SMILES string of the molecule is Cc1cc(Cl)ccc1O.[H-].[Na+]. The van der Waals surface area contributed by atoms with Gasteiger partial charge in [-0.2, -0.15) is 0 Å². The van der Waals surface area contributed by atoms with E-state index in [1.54, 1.807) is 25.1 Å². The second kappa shape index (κ2) is 4.24. The van der Waals surface area contributed by atoms with Crippen LogP contribution in [0.4, 0.5) is 0 Å². The Morgan fingerprint density at radius 1 is 1.50 bits per heavy atom. The quantitative estimate of drug-likeness (QED) is 0.514. The molecule has 0 spiro atoms. The molecule has 0 aliphatic carbocycles. The molecule has 0 saturated heterocycles. The fourth-order valence-corrected chi connectivity index (χ4v) is 0.846. The van der Waals surface area contributed by atoms with Crippen molar-refractivity contribution in [3.8, 4) is 5.75 Å². The monoisotopic (exact) mass is 166 g/mol. The van der Waals surface area contributed by atoms with Crippen LogP contribution in [0.25, 0.3) is 0 Å². The molecule has 1 nitrogen and oxygen atoms in total. The summed E-state index contributed by atoms with van der Waals surface area (Å²) in [5.74, 6) is 0.291. The first kappa shape index (κ1) is 10.3. The number of phenols is 1. The van der Waals surface area contributed by atoms with Crippen molar-refractivity contribution in [3.05, 3.63) is 28.8 Å². The maximum Gasteiger partial charge on any atom is 1.00 e. The third-order valence-electron chi connectivity index (χ3n) is 1.16. The molecular weight excluding hydrogens is 159 g/mol. The van der Waals surface area contributed by atoms with Crippen LogP contribution in [-0.4, -0.2) is 5.11 Å². The van der Waals surface area contributed by atoms with Crippen LogP contribution in [0, 0.1) is 6.92 Å². The number of benzene rings is 1. The molecule has 0 aromatic heterocycles. The van der Waals surface area contributed by atoms with Crippen LogP contribution in [0.3, 0.4) is 0 Å². The number of rotatable bonds is 0. The molecule has 50 valence electrons. The van der Waals surface area contributed by atoms with Crippen molar-refractivity contribution in [1.29, 1.82) is 0 Å². The second-order valence-corrected chi connectivity index (χ2v) is 2.37. The van der Waals surface area contributed by atoms with Gasteiger partial charge < -0.3 is 6.53 Å². The van der Waals surface area contributed by atoms with Crippen LogP contribution in [0.5, 0.6) is 5.75 Å². The van der Waals surface area contributed by atoms with Crippen molar-refractivity contribution < 1.29 is 36.1 Å². The van der Waals surface area contributed by atoms with Gasteiger partial charge >= 0.3 is 29.6 Å². The van der Waals surface area contributed by atoms with E-state index >= 15 is 0 Å². The van der Waals surface area contributed by atoms with E-state index in [0.717, 1.165) is 5.56 Å². The molecule has 0 aliphatic rings. The molecule has 0 fully saturated rings. The van der Waals surface area contributed by atoms with E-state index in [4.69, 9.17) is 16.7 Å². The fraction of sp³-hybridized carbons (Fsp3) is 0.143. The van der Waals surface area contributed by atoms with Crippen molar-refractivity contribution in [3.63, 3.8) is 0 Å². The average Bonchev–Trinajstić information content (AvgIpc) is 1.80.